The number of hydrogen-bond acceptors (Lipinski definition) is 3. The van der Waals surface area contributed by atoms with Gasteiger partial charge in [0.15, 0.2) is 0 Å². The Morgan fingerprint density at radius 1 is 1.00 bits per heavy atom. The number of carbonyl (C=O) groups is 2. The maximum atomic E-state index is 12.5. The molecule has 3 fully saturated rings. The van der Waals surface area contributed by atoms with Crippen molar-refractivity contribution in [3.05, 3.63) is 35.4 Å². The summed E-state index contributed by atoms with van der Waals surface area (Å²) in [4.78, 5) is 26.8. The second-order valence-corrected chi connectivity index (χ2v) is 8.51. The Bertz CT molecular complexity index is 661. The van der Waals surface area contributed by atoms with Gasteiger partial charge in [0.2, 0.25) is 5.91 Å². The lowest BCUT2D eigenvalue weighted by Gasteiger charge is -2.28. The fourth-order valence-corrected chi connectivity index (χ4v) is 4.92. The molecule has 1 aromatic carbocycles. The van der Waals surface area contributed by atoms with Crippen LogP contribution in [-0.4, -0.2) is 41.9 Å². The highest BCUT2D eigenvalue weighted by Gasteiger charge is 2.34. The highest BCUT2D eigenvalue weighted by Crippen LogP contribution is 2.32. The third-order valence-corrected chi connectivity index (χ3v) is 6.38. The van der Waals surface area contributed by atoms with Crippen LogP contribution in [0, 0.1) is 5.92 Å². The summed E-state index contributed by atoms with van der Waals surface area (Å²) in [5.41, 5.74) is 1.79. The van der Waals surface area contributed by atoms with Gasteiger partial charge in [0.1, 0.15) is 0 Å². The first-order chi connectivity index (χ1) is 13.2. The lowest BCUT2D eigenvalue weighted by atomic mass is 9.89. The molecule has 2 amide bonds. The Morgan fingerprint density at radius 2 is 1.64 bits per heavy atom. The van der Waals surface area contributed by atoms with Crippen LogP contribution in [0.1, 0.15) is 67.3 Å². The Labute approximate surface area is 174 Å². The number of amides is 2. The molecule has 0 aliphatic carbocycles. The van der Waals surface area contributed by atoms with Crippen LogP contribution in [0.15, 0.2) is 24.3 Å². The summed E-state index contributed by atoms with van der Waals surface area (Å²) in [5, 5.41) is 6.68. The van der Waals surface area contributed by atoms with Gasteiger partial charge >= 0.3 is 0 Å². The number of piperidine rings is 2. The van der Waals surface area contributed by atoms with Gasteiger partial charge in [-0.1, -0.05) is 12.1 Å². The van der Waals surface area contributed by atoms with Crippen molar-refractivity contribution in [2.24, 2.45) is 5.92 Å². The summed E-state index contributed by atoms with van der Waals surface area (Å²) in [5.74, 6) is 0.800. The number of nitrogens with zero attached hydrogens (tertiary/aromatic N) is 1. The standard InChI is InChI=1S/C22H31N3O2.ClH/c26-21(14-17-12-19-8-9-20(13-17)24-19)23-15-16-4-6-18(7-5-16)22(27)25-10-2-1-3-11-25;/h4-7,17,19-20,24H,1-3,8-15H2,(H,23,26);1H. The zero-order valence-electron chi connectivity index (χ0n) is 16.5. The van der Waals surface area contributed by atoms with E-state index in [1.807, 2.05) is 29.2 Å². The van der Waals surface area contributed by atoms with E-state index in [1.54, 1.807) is 0 Å². The number of halogens is 1. The topological polar surface area (TPSA) is 61.4 Å². The molecule has 5 nitrogen and oxygen atoms in total. The number of benzene rings is 1. The number of fused-ring (bicyclic) bond motifs is 2. The van der Waals surface area contributed by atoms with Gasteiger partial charge in [-0.3, -0.25) is 9.59 Å². The molecule has 3 heterocycles. The van der Waals surface area contributed by atoms with Crippen LogP contribution in [0.4, 0.5) is 0 Å². The summed E-state index contributed by atoms with van der Waals surface area (Å²) in [7, 11) is 0. The number of hydrogen-bond donors (Lipinski definition) is 2. The Balaban J connectivity index is 0.00000225. The molecule has 1 aromatic rings. The third-order valence-electron chi connectivity index (χ3n) is 6.38. The van der Waals surface area contributed by atoms with Crippen LogP contribution in [0.3, 0.4) is 0 Å². The minimum atomic E-state index is 0. The van der Waals surface area contributed by atoms with E-state index >= 15 is 0 Å². The lowest BCUT2D eigenvalue weighted by Crippen LogP contribution is -2.39. The van der Waals surface area contributed by atoms with Gasteiger partial charge in [0.25, 0.3) is 5.91 Å². The molecule has 0 saturated carbocycles. The predicted molar refractivity (Wildman–Crippen MR) is 113 cm³/mol. The van der Waals surface area contributed by atoms with Crippen molar-refractivity contribution < 1.29 is 9.59 Å². The van der Waals surface area contributed by atoms with Gasteiger partial charge in [0.05, 0.1) is 0 Å². The Hall–Kier alpha value is -1.59. The minimum absolute atomic E-state index is 0. The fourth-order valence-electron chi connectivity index (χ4n) is 4.92. The van der Waals surface area contributed by atoms with Crippen LogP contribution in [0.5, 0.6) is 0 Å². The first-order valence-electron chi connectivity index (χ1n) is 10.6. The van der Waals surface area contributed by atoms with E-state index in [0.717, 1.165) is 49.9 Å². The van der Waals surface area contributed by atoms with Crippen LogP contribution < -0.4 is 10.6 Å². The molecule has 0 aromatic heterocycles. The molecule has 2 N–H and O–H groups in total. The van der Waals surface area contributed by atoms with Crippen molar-refractivity contribution >= 4 is 24.2 Å². The monoisotopic (exact) mass is 405 g/mol. The molecule has 6 heteroatoms. The molecule has 154 valence electrons. The zero-order chi connectivity index (χ0) is 18.6. The second-order valence-electron chi connectivity index (χ2n) is 8.51. The molecule has 2 unspecified atom stereocenters. The van der Waals surface area contributed by atoms with Gasteiger partial charge in [-0.05, 0) is 68.6 Å². The summed E-state index contributed by atoms with van der Waals surface area (Å²) in [6.07, 6.45) is 8.88. The Morgan fingerprint density at radius 3 is 2.29 bits per heavy atom. The third kappa shape index (κ3) is 5.26. The molecule has 0 radical (unpaired) electrons. The maximum Gasteiger partial charge on any atom is 0.253 e. The quantitative estimate of drug-likeness (QED) is 0.790. The molecule has 2 atom stereocenters. The molecular formula is C22H32ClN3O2. The summed E-state index contributed by atoms with van der Waals surface area (Å²) < 4.78 is 0. The SMILES string of the molecule is Cl.O=C(CC1CC2CCC(C1)N2)NCc1ccc(C(=O)N2CCCCC2)cc1. The first kappa shape index (κ1) is 21.1. The summed E-state index contributed by atoms with van der Waals surface area (Å²) in [6.45, 7) is 2.28. The highest BCUT2D eigenvalue weighted by molar-refractivity contribution is 5.94. The lowest BCUT2D eigenvalue weighted by molar-refractivity contribution is -0.122. The van der Waals surface area contributed by atoms with E-state index < -0.39 is 0 Å². The number of carbonyl (C=O) groups excluding carboxylic acids is 2. The predicted octanol–water partition coefficient (Wildman–Crippen LogP) is 3.27. The number of nitrogens with one attached hydrogen (secondary N) is 2. The summed E-state index contributed by atoms with van der Waals surface area (Å²) in [6, 6.07) is 8.97. The average Bonchev–Trinajstić information content (AvgIpc) is 3.05. The van der Waals surface area contributed by atoms with Gasteiger partial charge < -0.3 is 15.5 Å². The molecule has 4 rings (SSSR count). The van der Waals surface area contributed by atoms with Gasteiger partial charge in [0, 0.05) is 43.7 Å². The number of likely N-dealkylation sites (tertiary alicyclic amines) is 1. The van der Waals surface area contributed by atoms with Gasteiger partial charge in [-0.25, -0.2) is 0 Å². The molecule has 2 bridgehead atoms. The molecule has 3 saturated heterocycles. The smallest absolute Gasteiger partial charge is 0.253 e. The molecule has 28 heavy (non-hydrogen) atoms. The average molecular weight is 406 g/mol. The number of rotatable bonds is 5. The van der Waals surface area contributed by atoms with Crippen molar-refractivity contribution in [2.75, 3.05) is 13.1 Å². The van der Waals surface area contributed by atoms with Crippen molar-refractivity contribution in [1.29, 1.82) is 0 Å². The van der Waals surface area contributed by atoms with Crippen molar-refractivity contribution in [3.8, 4) is 0 Å². The molecule has 3 aliphatic heterocycles. The second kappa shape index (κ2) is 9.75. The summed E-state index contributed by atoms with van der Waals surface area (Å²) >= 11 is 0. The van der Waals surface area contributed by atoms with Gasteiger partial charge in [-0.2, -0.15) is 0 Å². The van der Waals surface area contributed by atoms with Crippen LogP contribution >= 0.6 is 12.4 Å². The van der Waals surface area contributed by atoms with E-state index in [4.69, 9.17) is 0 Å². The van der Waals surface area contributed by atoms with Gasteiger partial charge in [-0.15, -0.1) is 12.4 Å². The fraction of sp³-hybridized carbons (Fsp3) is 0.636. The van der Waals surface area contributed by atoms with E-state index in [-0.39, 0.29) is 24.2 Å². The van der Waals surface area contributed by atoms with Crippen LogP contribution in [0.2, 0.25) is 0 Å². The van der Waals surface area contributed by atoms with Crippen molar-refractivity contribution in [1.82, 2.24) is 15.5 Å². The van der Waals surface area contributed by atoms with Crippen molar-refractivity contribution in [2.45, 2.75) is 70.0 Å². The van der Waals surface area contributed by atoms with E-state index in [9.17, 15) is 9.59 Å². The maximum absolute atomic E-state index is 12.5. The largest absolute Gasteiger partial charge is 0.352 e. The minimum Gasteiger partial charge on any atom is -0.352 e. The zero-order valence-corrected chi connectivity index (χ0v) is 17.3. The van der Waals surface area contributed by atoms with Crippen molar-refractivity contribution in [3.63, 3.8) is 0 Å². The van der Waals surface area contributed by atoms with E-state index in [0.29, 0.717) is 31.0 Å². The van der Waals surface area contributed by atoms with Crippen LogP contribution in [0.25, 0.3) is 0 Å². The van der Waals surface area contributed by atoms with Crippen LogP contribution in [-0.2, 0) is 11.3 Å². The normalized spacial score (nSPS) is 26.4. The Kier molecular flexibility index (Phi) is 7.36. The molecule has 0 spiro atoms. The highest BCUT2D eigenvalue weighted by atomic mass is 35.5. The molecule has 3 aliphatic rings. The van der Waals surface area contributed by atoms with E-state index in [2.05, 4.69) is 10.6 Å². The molecular weight excluding hydrogens is 374 g/mol. The van der Waals surface area contributed by atoms with E-state index in [1.165, 1.54) is 19.3 Å². The first-order valence-corrected chi connectivity index (χ1v) is 10.6.